The minimum Gasteiger partial charge on any atom is -0.497 e. The lowest BCUT2D eigenvalue weighted by Gasteiger charge is -2.06. The van der Waals surface area contributed by atoms with Crippen LogP contribution in [0, 0.1) is 0 Å². The Morgan fingerprint density at radius 2 is 2.13 bits per heavy atom. The summed E-state index contributed by atoms with van der Waals surface area (Å²) in [4.78, 5) is 16.1. The molecule has 5 heteroatoms. The molecule has 0 spiro atoms. The number of carbonyl (C=O) groups excluding carboxylic acids is 1. The summed E-state index contributed by atoms with van der Waals surface area (Å²) in [5.41, 5.74) is 0.965. The van der Waals surface area contributed by atoms with Crippen molar-refractivity contribution < 1.29 is 9.53 Å². The molecule has 2 aromatic rings. The summed E-state index contributed by atoms with van der Waals surface area (Å²) in [5.74, 6) is 1.80. The van der Waals surface area contributed by atoms with E-state index in [9.17, 15) is 4.79 Å². The lowest BCUT2D eigenvalue weighted by atomic mass is 10.2. The Morgan fingerprint density at radius 3 is 2.83 bits per heavy atom. The van der Waals surface area contributed by atoms with Gasteiger partial charge in [-0.2, -0.15) is 0 Å². The van der Waals surface area contributed by atoms with Crippen LogP contribution >= 0.6 is 0 Å². The summed E-state index contributed by atoms with van der Waals surface area (Å²) in [6.45, 7) is 3.60. The monoisotopic (exact) mass is 313 g/mol. The van der Waals surface area contributed by atoms with Crippen LogP contribution in [0.15, 0.2) is 42.7 Å². The van der Waals surface area contributed by atoms with Crippen molar-refractivity contribution in [1.29, 1.82) is 0 Å². The second-order valence-electron chi connectivity index (χ2n) is 5.14. The number of benzene rings is 1. The van der Waals surface area contributed by atoms with Crippen LogP contribution in [-0.4, -0.2) is 29.1 Å². The van der Waals surface area contributed by atoms with Gasteiger partial charge in [0.2, 0.25) is 5.91 Å². The number of rotatable bonds is 8. The zero-order chi connectivity index (χ0) is 16.5. The SMILES string of the molecule is CCc1nccn1CCCNC(=O)/C=C/c1ccc(OC)cc1. The maximum absolute atomic E-state index is 11.8. The fourth-order valence-corrected chi connectivity index (χ4v) is 2.26. The Balaban J connectivity index is 1.71. The quantitative estimate of drug-likeness (QED) is 0.602. The third-order valence-electron chi connectivity index (χ3n) is 3.54. The van der Waals surface area contributed by atoms with Crippen molar-refractivity contribution in [2.24, 2.45) is 0 Å². The van der Waals surface area contributed by atoms with E-state index in [4.69, 9.17) is 4.74 Å². The van der Waals surface area contributed by atoms with Crippen LogP contribution in [0.5, 0.6) is 5.75 Å². The van der Waals surface area contributed by atoms with E-state index >= 15 is 0 Å². The lowest BCUT2D eigenvalue weighted by molar-refractivity contribution is -0.116. The van der Waals surface area contributed by atoms with Crippen LogP contribution in [-0.2, 0) is 17.8 Å². The zero-order valence-corrected chi connectivity index (χ0v) is 13.7. The number of aromatic nitrogens is 2. The Morgan fingerprint density at radius 1 is 1.35 bits per heavy atom. The highest BCUT2D eigenvalue weighted by Crippen LogP contribution is 2.12. The number of amides is 1. The fourth-order valence-electron chi connectivity index (χ4n) is 2.26. The number of hydrogen-bond acceptors (Lipinski definition) is 3. The Kier molecular flexibility index (Phi) is 6.41. The van der Waals surface area contributed by atoms with Crippen LogP contribution in [0.25, 0.3) is 6.08 Å². The first-order valence-corrected chi connectivity index (χ1v) is 7.83. The Labute approximate surface area is 137 Å². The molecule has 0 bridgehead atoms. The molecule has 5 nitrogen and oxygen atoms in total. The standard InChI is InChI=1S/C18H23N3O2/c1-3-17-19-12-14-21(17)13-4-11-20-18(22)10-7-15-5-8-16(23-2)9-6-15/h5-10,12,14H,3-4,11,13H2,1-2H3,(H,20,22)/b10-7+. The number of nitrogens with zero attached hydrogens (tertiary/aromatic N) is 2. The van der Waals surface area contributed by atoms with Crippen molar-refractivity contribution in [3.05, 3.63) is 54.1 Å². The smallest absolute Gasteiger partial charge is 0.244 e. The van der Waals surface area contributed by atoms with Crippen LogP contribution in [0.3, 0.4) is 0 Å². The number of ether oxygens (including phenoxy) is 1. The highest BCUT2D eigenvalue weighted by Gasteiger charge is 2.00. The van der Waals surface area contributed by atoms with Gasteiger partial charge in [-0.3, -0.25) is 4.79 Å². The summed E-state index contributed by atoms with van der Waals surface area (Å²) in [5, 5.41) is 2.89. The average Bonchev–Trinajstić information content (AvgIpc) is 3.05. The molecule has 0 fully saturated rings. The Bertz CT molecular complexity index is 645. The van der Waals surface area contributed by atoms with Gasteiger partial charge in [0.15, 0.2) is 0 Å². The topological polar surface area (TPSA) is 56.2 Å². The second kappa shape index (κ2) is 8.78. The summed E-state index contributed by atoms with van der Waals surface area (Å²) in [6.07, 6.45) is 8.94. The van der Waals surface area contributed by atoms with Crippen LogP contribution in [0.4, 0.5) is 0 Å². The molecule has 0 atom stereocenters. The van der Waals surface area contributed by atoms with E-state index in [0.29, 0.717) is 6.54 Å². The molecule has 2 rings (SSSR count). The minimum atomic E-state index is -0.0813. The molecule has 122 valence electrons. The van der Waals surface area contributed by atoms with Gasteiger partial charge in [0.25, 0.3) is 0 Å². The van der Waals surface area contributed by atoms with E-state index in [1.54, 1.807) is 19.3 Å². The summed E-state index contributed by atoms with van der Waals surface area (Å²) < 4.78 is 7.22. The van der Waals surface area contributed by atoms with E-state index in [-0.39, 0.29) is 5.91 Å². The third kappa shape index (κ3) is 5.29. The van der Waals surface area contributed by atoms with Crippen molar-refractivity contribution in [2.45, 2.75) is 26.3 Å². The molecule has 0 saturated carbocycles. The van der Waals surface area contributed by atoms with E-state index < -0.39 is 0 Å². The van der Waals surface area contributed by atoms with Crippen molar-refractivity contribution >= 4 is 12.0 Å². The largest absolute Gasteiger partial charge is 0.497 e. The van der Waals surface area contributed by atoms with E-state index in [1.807, 2.05) is 36.7 Å². The van der Waals surface area contributed by atoms with Gasteiger partial charge in [0, 0.05) is 38.0 Å². The number of imidazole rings is 1. The molecule has 0 unspecified atom stereocenters. The van der Waals surface area contributed by atoms with Crippen molar-refractivity contribution in [2.75, 3.05) is 13.7 Å². The number of aryl methyl sites for hydroxylation is 2. The average molecular weight is 313 g/mol. The number of hydrogen-bond donors (Lipinski definition) is 1. The van der Waals surface area contributed by atoms with Gasteiger partial charge < -0.3 is 14.6 Å². The van der Waals surface area contributed by atoms with Crippen molar-refractivity contribution in [3.63, 3.8) is 0 Å². The first-order chi connectivity index (χ1) is 11.2. The summed E-state index contributed by atoms with van der Waals surface area (Å²) in [6, 6.07) is 7.56. The lowest BCUT2D eigenvalue weighted by Crippen LogP contribution is -2.23. The molecule has 1 heterocycles. The highest BCUT2D eigenvalue weighted by molar-refractivity contribution is 5.91. The van der Waals surface area contributed by atoms with Gasteiger partial charge in [-0.1, -0.05) is 19.1 Å². The van der Waals surface area contributed by atoms with Crippen LogP contribution in [0.2, 0.25) is 0 Å². The highest BCUT2D eigenvalue weighted by atomic mass is 16.5. The van der Waals surface area contributed by atoms with E-state index in [1.165, 1.54) is 0 Å². The number of methoxy groups -OCH3 is 1. The maximum atomic E-state index is 11.8. The van der Waals surface area contributed by atoms with Crippen LogP contribution in [0.1, 0.15) is 24.7 Å². The first-order valence-electron chi connectivity index (χ1n) is 7.83. The fraction of sp³-hybridized carbons (Fsp3) is 0.333. The van der Waals surface area contributed by atoms with Gasteiger partial charge in [0.1, 0.15) is 11.6 Å². The molecule has 0 aliphatic heterocycles. The maximum Gasteiger partial charge on any atom is 0.244 e. The van der Waals surface area contributed by atoms with E-state index in [0.717, 1.165) is 36.5 Å². The molecule has 1 aromatic heterocycles. The molecule has 23 heavy (non-hydrogen) atoms. The predicted octanol–water partition coefficient (Wildman–Crippen LogP) is 2.67. The summed E-state index contributed by atoms with van der Waals surface area (Å²) >= 11 is 0. The van der Waals surface area contributed by atoms with Gasteiger partial charge >= 0.3 is 0 Å². The number of carbonyl (C=O) groups is 1. The van der Waals surface area contributed by atoms with Gasteiger partial charge in [0.05, 0.1) is 7.11 Å². The Hall–Kier alpha value is -2.56. The molecule has 0 saturated heterocycles. The molecule has 0 aliphatic carbocycles. The normalized spacial score (nSPS) is 10.9. The molecular formula is C18H23N3O2. The molecule has 0 aliphatic rings. The molecule has 1 amide bonds. The zero-order valence-electron chi connectivity index (χ0n) is 13.7. The molecule has 1 aromatic carbocycles. The number of nitrogens with one attached hydrogen (secondary N) is 1. The third-order valence-corrected chi connectivity index (χ3v) is 3.54. The van der Waals surface area contributed by atoms with E-state index in [2.05, 4.69) is 21.8 Å². The van der Waals surface area contributed by atoms with Crippen LogP contribution < -0.4 is 10.1 Å². The van der Waals surface area contributed by atoms with Gasteiger partial charge in [-0.05, 0) is 30.2 Å². The second-order valence-corrected chi connectivity index (χ2v) is 5.14. The van der Waals surface area contributed by atoms with Gasteiger partial charge in [-0.15, -0.1) is 0 Å². The molecule has 1 N–H and O–H groups in total. The van der Waals surface area contributed by atoms with Crippen molar-refractivity contribution in [3.8, 4) is 5.75 Å². The van der Waals surface area contributed by atoms with Gasteiger partial charge in [-0.25, -0.2) is 4.98 Å². The van der Waals surface area contributed by atoms with Crippen molar-refractivity contribution in [1.82, 2.24) is 14.9 Å². The predicted molar refractivity (Wildman–Crippen MR) is 91.3 cm³/mol. The first kappa shape index (κ1) is 16.8. The molecule has 0 radical (unpaired) electrons. The molecular weight excluding hydrogens is 290 g/mol. The minimum absolute atomic E-state index is 0.0813. The summed E-state index contributed by atoms with van der Waals surface area (Å²) in [7, 11) is 1.63.